The molecule has 0 amide bonds. The molecule has 3 heteroatoms. The van der Waals surface area contributed by atoms with Crippen LogP contribution in [0.3, 0.4) is 0 Å². The van der Waals surface area contributed by atoms with E-state index in [1.54, 1.807) is 36.4 Å². The molecule has 1 aromatic heterocycles. The van der Waals surface area contributed by atoms with E-state index in [2.05, 4.69) is 6.58 Å². The van der Waals surface area contributed by atoms with Gasteiger partial charge in [-0.05, 0) is 42.0 Å². The molecule has 0 saturated heterocycles. The average Bonchev–Trinajstić information content (AvgIpc) is 2.48. The smallest absolute Gasteiger partial charge is 0.200 e. The summed E-state index contributed by atoms with van der Waals surface area (Å²) in [5.74, 6) is -0.450. The van der Waals surface area contributed by atoms with Crippen LogP contribution in [-0.4, -0.2) is 0 Å². The zero-order chi connectivity index (χ0) is 14.1. The van der Waals surface area contributed by atoms with E-state index < -0.39 is 5.83 Å². The first kappa shape index (κ1) is 12.4. The predicted octanol–water partition coefficient (Wildman–Crippen LogP) is 4.44. The molecule has 2 nitrogen and oxygen atoms in total. The maximum absolute atomic E-state index is 13.2. The normalized spacial score (nSPS) is 11.9. The number of halogens is 1. The van der Waals surface area contributed by atoms with Crippen molar-refractivity contribution in [3.63, 3.8) is 0 Å². The van der Waals surface area contributed by atoms with Crippen molar-refractivity contribution in [1.29, 1.82) is 0 Å². The summed E-state index contributed by atoms with van der Waals surface area (Å²) < 4.78 is 18.9. The maximum atomic E-state index is 13.2. The molecule has 3 aromatic rings. The van der Waals surface area contributed by atoms with Gasteiger partial charge < -0.3 is 4.42 Å². The van der Waals surface area contributed by atoms with Gasteiger partial charge in [-0.25, -0.2) is 4.39 Å². The summed E-state index contributed by atoms with van der Waals surface area (Å²) in [6, 6.07) is 12.1. The van der Waals surface area contributed by atoms with Gasteiger partial charge in [0.2, 0.25) is 5.43 Å². The molecule has 0 saturated carbocycles. The summed E-state index contributed by atoms with van der Waals surface area (Å²) in [6.45, 7) is 3.35. The molecule has 0 aliphatic rings. The van der Waals surface area contributed by atoms with E-state index in [4.69, 9.17) is 4.42 Å². The summed E-state index contributed by atoms with van der Waals surface area (Å²) in [4.78, 5) is 12.4. The molecule has 0 atom stereocenters. The lowest BCUT2D eigenvalue weighted by Gasteiger charge is -2.02. The third kappa shape index (κ3) is 2.03. The molecule has 1 heterocycles. The highest BCUT2D eigenvalue weighted by molar-refractivity contribution is 5.90. The Hall–Kier alpha value is -2.68. The molecule has 2 aromatic carbocycles. The van der Waals surface area contributed by atoms with Crippen molar-refractivity contribution >= 4 is 28.0 Å². The van der Waals surface area contributed by atoms with E-state index in [9.17, 15) is 9.18 Å². The fourth-order valence-corrected chi connectivity index (χ4v) is 2.13. The number of allylic oxidation sites excluding steroid dienone is 2. The van der Waals surface area contributed by atoms with Gasteiger partial charge in [0.1, 0.15) is 17.0 Å². The first-order valence-corrected chi connectivity index (χ1v) is 6.14. The maximum Gasteiger partial charge on any atom is 0.200 e. The Morgan fingerprint density at radius 2 is 1.85 bits per heavy atom. The van der Waals surface area contributed by atoms with Crippen LogP contribution >= 0.6 is 0 Å². The largest absolute Gasteiger partial charge is 0.456 e. The summed E-state index contributed by atoms with van der Waals surface area (Å²) >= 11 is 0. The van der Waals surface area contributed by atoms with E-state index in [0.29, 0.717) is 27.5 Å². The number of para-hydroxylation sites is 1. The van der Waals surface area contributed by atoms with Crippen molar-refractivity contribution in [3.8, 4) is 0 Å². The van der Waals surface area contributed by atoms with Gasteiger partial charge in [0.05, 0.1) is 10.8 Å². The Kier molecular flexibility index (Phi) is 2.95. The molecular formula is C17H11FO2. The molecule has 0 spiro atoms. The molecule has 0 bridgehead atoms. The Morgan fingerprint density at radius 3 is 2.65 bits per heavy atom. The van der Waals surface area contributed by atoms with Crippen molar-refractivity contribution in [2.75, 3.05) is 0 Å². The van der Waals surface area contributed by atoms with E-state index in [0.717, 1.165) is 6.08 Å². The van der Waals surface area contributed by atoms with Crippen LogP contribution in [0.4, 0.5) is 4.39 Å². The highest BCUT2D eigenvalue weighted by Crippen LogP contribution is 2.20. The van der Waals surface area contributed by atoms with Gasteiger partial charge in [0.25, 0.3) is 0 Å². The zero-order valence-electron chi connectivity index (χ0n) is 10.6. The minimum atomic E-state index is -0.450. The second-order valence-corrected chi connectivity index (χ2v) is 4.42. The SMILES string of the molecule is C=C/C(F)=C\c1ccc2oc3ccccc3c(=O)c2c1. The average molecular weight is 266 g/mol. The first-order valence-electron chi connectivity index (χ1n) is 6.14. The van der Waals surface area contributed by atoms with Crippen molar-refractivity contribution in [1.82, 2.24) is 0 Å². The summed E-state index contributed by atoms with van der Waals surface area (Å²) in [7, 11) is 0. The lowest BCUT2D eigenvalue weighted by Crippen LogP contribution is -2.01. The quantitative estimate of drug-likeness (QED) is 0.507. The summed E-state index contributed by atoms with van der Waals surface area (Å²) in [5.41, 5.74) is 1.52. The van der Waals surface area contributed by atoms with Gasteiger partial charge in [-0.1, -0.05) is 24.8 Å². The topological polar surface area (TPSA) is 30.2 Å². The van der Waals surface area contributed by atoms with Gasteiger partial charge in [-0.15, -0.1) is 0 Å². The molecule has 0 radical (unpaired) electrons. The van der Waals surface area contributed by atoms with E-state index in [1.807, 2.05) is 6.07 Å². The van der Waals surface area contributed by atoms with Crippen LogP contribution < -0.4 is 5.43 Å². The number of hydrogen-bond donors (Lipinski definition) is 0. The predicted molar refractivity (Wildman–Crippen MR) is 79.3 cm³/mol. The summed E-state index contributed by atoms with van der Waals surface area (Å²) in [6.07, 6.45) is 2.44. The Morgan fingerprint density at radius 1 is 1.10 bits per heavy atom. The standard InChI is InChI=1S/C17H11FO2/c1-2-12(18)9-11-7-8-16-14(10-11)17(19)13-5-3-4-6-15(13)20-16/h2-10H,1H2/b12-9+. The highest BCUT2D eigenvalue weighted by atomic mass is 19.1. The number of hydrogen-bond acceptors (Lipinski definition) is 2. The summed E-state index contributed by atoms with van der Waals surface area (Å²) in [5, 5.41) is 0.958. The van der Waals surface area contributed by atoms with E-state index in [1.165, 1.54) is 6.08 Å². The van der Waals surface area contributed by atoms with Crippen molar-refractivity contribution in [3.05, 3.63) is 76.7 Å². The van der Waals surface area contributed by atoms with Gasteiger partial charge >= 0.3 is 0 Å². The number of fused-ring (bicyclic) bond motifs is 2. The van der Waals surface area contributed by atoms with Crippen molar-refractivity contribution in [2.24, 2.45) is 0 Å². The Balaban J connectivity index is 2.34. The van der Waals surface area contributed by atoms with Gasteiger partial charge in [0, 0.05) is 0 Å². The molecule has 20 heavy (non-hydrogen) atoms. The first-order chi connectivity index (χ1) is 9.69. The third-order valence-corrected chi connectivity index (χ3v) is 3.10. The van der Waals surface area contributed by atoms with E-state index in [-0.39, 0.29) is 5.43 Å². The Bertz CT molecular complexity index is 904. The van der Waals surface area contributed by atoms with Gasteiger partial charge in [0.15, 0.2) is 0 Å². The lowest BCUT2D eigenvalue weighted by atomic mass is 10.1. The molecule has 0 fully saturated rings. The fourth-order valence-electron chi connectivity index (χ4n) is 2.13. The number of benzene rings is 2. The van der Waals surface area contributed by atoms with Crippen LogP contribution in [0.5, 0.6) is 0 Å². The molecule has 0 aliphatic heterocycles. The molecule has 0 N–H and O–H groups in total. The van der Waals surface area contributed by atoms with Crippen LogP contribution in [0.15, 0.2) is 70.2 Å². The lowest BCUT2D eigenvalue weighted by molar-refractivity contribution is 0.659. The van der Waals surface area contributed by atoms with Crippen LogP contribution in [0.2, 0.25) is 0 Å². The molecular weight excluding hydrogens is 255 g/mol. The van der Waals surface area contributed by atoms with Crippen LogP contribution in [0.1, 0.15) is 5.56 Å². The second-order valence-electron chi connectivity index (χ2n) is 4.42. The molecule has 0 aliphatic carbocycles. The molecule has 3 rings (SSSR count). The minimum Gasteiger partial charge on any atom is -0.456 e. The van der Waals surface area contributed by atoms with Crippen LogP contribution in [-0.2, 0) is 0 Å². The highest BCUT2D eigenvalue weighted by Gasteiger charge is 2.07. The zero-order valence-corrected chi connectivity index (χ0v) is 10.6. The minimum absolute atomic E-state index is 0.115. The number of rotatable bonds is 2. The van der Waals surface area contributed by atoms with Gasteiger partial charge in [-0.2, -0.15) is 0 Å². The second kappa shape index (κ2) is 4.78. The molecule has 98 valence electrons. The van der Waals surface area contributed by atoms with Gasteiger partial charge in [-0.3, -0.25) is 4.79 Å². The molecule has 0 unspecified atom stereocenters. The monoisotopic (exact) mass is 266 g/mol. The van der Waals surface area contributed by atoms with E-state index >= 15 is 0 Å². The van der Waals surface area contributed by atoms with Crippen LogP contribution in [0, 0.1) is 0 Å². The van der Waals surface area contributed by atoms with Crippen LogP contribution in [0.25, 0.3) is 28.0 Å². The van der Waals surface area contributed by atoms with Crippen molar-refractivity contribution in [2.45, 2.75) is 0 Å². The Labute approximate surface area is 114 Å². The van der Waals surface area contributed by atoms with Crippen molar-refractivity contribution < 1.29 is 8.81 Å². The fraction of sp³-hybridized carbons (Fsp3) is 0. The third-order valence-electron chi connectivity index (χ3n) is 3.10.